The van der Waals surface area contributed by atoms with E-state index in [2.05, 4.69) is 15.0 Å². The van der Waals surface area contributed by atoms with Gasteiger partial charge in [0, 0.05) is 16.7 Å². The summed E-state index contributed by atoms with van der Waals surface area (Å²) in [5, 5.41) is 0.559. The van der Waals surface area contributed by atoms with Crippen LogP contribution in [0.2, 0.25) is 5.02 Å². The zero-order valence-electron chi connectivity index (χ0n) is 24.0. The normalized spacial score (nSPS) is 15.1. The maximum atomic E-state index is 13.8. The number of thiazole rings is 1. The number of ether oxygens (including phenoxy) is 1. The quantitative estimate of drug-likeness (QED) is 0.140. The summed E-state index contributed by atoms with van der Waals surface area (Å²) in [6, 6.07) is 18.5. The van der Waals surface area contributed by atoms with Gasteiger partial charge in [0.1, 0.15) is 11.5 Å². The average Bonchev–Trinajstić information content (AvgIpc) is 3.59. The number of halogens is 4. The van der Waals surface area contributed by atoms with Crippen LogP contribution in [-0.4, -0.2) is 27.1 Å². The number of hydrogen-bond acceptors (Lipinski definition) is 9. The molecule has 0 saturated heterocycles. The lowest BCUT2D eigenvalue weighted by Gasteiger charge is -2.24. The van der Waals surface area contributed by atoms with Gasteiger partial charge in [0.05, 0.1) is 34.1 Å². The summed E-state index contributed by atoms with van der Waals surface area (Å²) in [5.74, 6) is -0.315. The Morgan fingerprint density at radius 1 is 1.11 bits per heavy atom. The van der Waals surface area contributed by atoms with E-state index in [0.717, 1.165) is 29.2 Å². The summed E-state index contributed by atoms with van der Waals surface area (Å²) in [7, 11) is 0. The van der Waals surface area contributed by atoms with E-state index in [0.29, 0.717) is 26.6 Å². The highest BCUT2D eigenvalue weighted by molar-refractivity contribution is 7.99. The highest BCUT2D eigenvalue weighted by Crippen LogP contribution is 2.35. The van der Waals surface area contributed by atoms with Crippen LogP contribution in [0.5, 0.6) is 0 Å². The Hall–Kier alpha value is -4.46. The van der Waals surface area contributed by atoms with E-state index in [1.54, 1.807) is 80.6 Å². The molecule has 3 aromatic heterocycles. The second-order valence-electron chi connectivity index (χ2n) is 9.90. The maximum absolute atomic E-state index is 13.8. The highest BCUT2D eigenvalue weighted by atomic mass is 35.5. The Morgan fingerprint density at radius 2 is 1.85 bits per heavy atom. The van der Waals surface area contributed by atoms with Crippen molar-refractivity contribution < 1.29 is 27.1 Å². The number of fused-ring (bicyclic) bond motifs is 1. The molecule has 0 saturated carbocycles. The molecule has 0 N–H and O–H groups in total. The molecule has 46 heavy (non-hydrogen) atoms. The van der Waals surface area contributed by atoms with Crippen LogP contribution in [0.4, 0.5) is 13.2 Å². The lowest BCUT2D eigenvalue weighted by Crippen LogP contribution is -2.39. The number of benzene rings is 2. The van der Waals surface area contributed by atoms with Crippen LogP contribution in [0.25, 0.3) is 17.3 Å². The lowest BCUT2D eigenvalue weighted by molar-refractivity contribution is -0.141. The molecule has 14 heteroatoms. The molecule has 1 aliphatic heterocycles. The van der Waals surface area contributed by atoms with Crippen molar-refractivity contribution in [3.05, 3.63) is 126 Å². The first kappa shape index (κ1) is 31.5. The predicted molar refractivity (Wildman–Crippen MR) is 167 cm³/mol. The Morgan fingerprint density at radius 3 is 2.54 bits per heavy atom. The molecule has 0 spiro atoms. The number of furan rings is 1. The first-order valence-corrected chi connectivity index (χ1v) is 15.8. The number of carbonyl (C=O) groups excluding carboxylic acids is 1. The van der Waals surface area contributed by atoms with Crippen molar-refractivity contribution >= 4 is 46.7 Å². The zero-order chi connectivity index (χ0) is 32.6. The van der Waals surface area contributed by atoms with Crippen LogP contribution in [0.15, 0.2) is 109 Å². The topological polar surface area (TPSA) is 99.6 Å². The minimum Gasteiger partial charge on any atom is -0.463 e. The van der Waals surface area contributed by atoms with E-state index in [4.69, 9.17) is 20.8 Å². The molecule has 4 heterocycles. The number of rotatable bonds is 7. The van der Waals surface area contributed by atoms with Crippen LogP contribution in [0, 0.1) is 0 Å². The first-order chi connectivity index (χ1) is 22.0. The van der Waals surface area contributed by atoms with Gasteiger partial charge < -0.3 is 9.15 Å². The molecule has 0 radical (unpaired) electrons. The number of hydrogen-bond donors (Lipinski definition) is 0. The monoisotopic (exact) mass is 682 g/mol. The molecule has 1 aliphatic rings. The molecule has 8 nitrogen and oxygen atoms in total. The van der Waals surface area contributed by atoms with Gasteiger partial charge in [0.25, 0.3) is 5.56 Å². The SMILES string of the molecule is CCOC(=O)C1=C(C)N=c2s/c(=C/c3ccc(Sc4nc(-c5ccccc5)cc(C(F)(F)F)n4)o3)c(=O)n2[C@@H]1c1ccc(Cl)cc1. The number of nitrogens with zero attached hydrogens (tertiary/aromatic N) is 4. The fourth-order valence-electron chi connectivity index (χ4n) is 4.81. The smallest absolute Gasteiger partial charge is 0.433 e. The van der Waals surface area contributed by atoms with Gasteiger partial charge in [-0.05, 0) is 61.5 Å². The van der Waals surface area contributed by atoms with Crippen molar-refractivity contribution in [1.82, 2.24) is 14.5 Å². The summed E-state index contributed by atoms with van der Waals surface area (Å²) in [4.78, 5) is 39.8. The third-order valence-corrected chi connectivity index (χ3v) is 8.86. The van der Waals surface area contributed by atoms with Crippen molar-refractivity contribution in [1.29, 1.82) is 0 Å². The van der Waals surface area contributed by atoms with Gasteiger partial charge in [0.2, 0.25) is 0 Å². The largest absolute Gasteiger partial charge is 0.463 e. The van der Waals surface area contributed by atoms with E-state index < -0.39 is 29.4 Å². The molecule has 234 valence electrons. The molecule has 0 amide bonds. The average molecular weight is 683 g/mol. The van der Waals surface area contributed by atoms with Gasteiger partial charge >= 0.3 is 12.1 Å². The fraction of sp³-hybridized carbons (Fsp3) is 0.156. The molecule has 0 fully saturated rings. The molecular formula is C32H22ClF3N4O4S2. The van der Waals surface area contributed by atoms with Gasteiger partial charge in [-0.2, -0.15) is 13.2 Å². The van der Waals surface area contributed by atoms with Crippen LogP contribution >= 0.6 is 34.7 Å². The minimum atomic E-state index is -4.68. The Labute approximate surface area is 272 Å². The van der Waals surface area contributed by atoms with Crippen molar-refractivity contribution in [3.63, 3.8) is 0 Å². The number of alkyl halides is 3. The van der Waals surface area contributed by atoms with Crippen LogP contribution in [0.3, 0.4) is 0 Å². The van der Waals surface area contributed by atoms with E-state index in [1.807, 2.05) is 0 Å². The standard InChI is InChI=1S/C32H22ClF3N4O4S2/c1-3-43-29(42)26-17(2)37-31-40(27(26)19-9-11-20(33)12-10-19)28(41)23(45-31)15-21-13-14-25(44-21)46-30-38-22(18-7-5-4-6-8-18)16-24(39-30)32(34,35)36/h4-16,27H,3H2,1-2H3/b23-15+/t27-/m1/s1. The summed E-state index contributed by atoms with van der Waals surface area (Å²) in [6.45, 7) is 3.52. The molecule has 2 aromatic carbocycles. The number of aromatic nitrogens is 3. The van der Waals surface area contributed by atoms with Gasteiger partial charge in [-0.1, -0.05) is 65.4 Å². The third-order valence-electron chi connectivity index (χ3n) is 6.84. The summed E-state index contributed by atoms with van der Waals surface area (Å²) in [5.41, 5.74) is 0.412. The molecule has 1 atom stereocenters. The van der Waals surface area contributed by atoms with E-state index in [-0.39, 0.29) is 38.4 Å². The zero-order valence-corrected chi connectivity index (χ0v) is 26.4. The van der Waals surface area contributed by atoms with Crippen molar-refractivity contribution in [2.75, 3.05) is 6.61 Å². The summed E-state index contributed by atoms with van der Waals surface area (Å²) >= 11 is 8.03. The van der Waals surface area contributed by atoms with E-state index >= 15 is 0 Å². The Balaban J connectivity index is 1.37. The van der Waals surface area contributed by atoms with Gasteiger partial charge in [-0.3, -0.25) is 9.36 Å². The Bertz CT molecular complexity index is 2160. The van der Waals surface area contributed by atoms with Gasteiger partial charge in [-0.15, -0.1) is 0 Å². The second kappa shape index (κ2) is 12.7. The number of carbonyl (C=O) groups is 1. The van der Waals surface area contributed by atoms with Crippen LogP contribution in [-0.2, 0) is 15.7 Å². The molecule has 6 rings (SSSR count). The molecular weight excluding hydrogens is 661 g/mol. The molecule has 0 bridgehead atoms. The predicted octanol–water partition coefficient (Wildman–Crippen LogP) is 6.67. The van der Waals surface area contributed by atoms with Crippen LogP contribution in [0.1, 0.15) is 36.9 Å². The minimum absolute atomic E-state index is 0.117. The van der Waals surface area contributed by atoms with Crippen molar-refractivity contribution in [2.45, 2.75) is 36.3 Å². The van der Waals surface area contributed by atoms with E-state index in [9.17, 15) is 22.8 Å². The Kier molecular flexibility index (Phi) is 8.73. The molecule has 5 aromatic rings. The molecule has 0 unspecified atom stereocenters. The number of esters is 1. The summed E-state index contributed by atoms with van der Waals surface area (Å²) < 4.78 is 53.9. The second-order valence-corrected chi connectivity index (χ2v) is 12.3. The number of allylic oxidation sites excluding steroid dienone is 1. The summed E-state index contributed by atoms with van der Waals surface area (Å²) in [6.07, 6.45) is -3.17. The third kappa shape index (κ3) is 6.43. The van der Waals surface area contributed by atoms with Crippen molar-refractivity contribution in [2.24, 2.45) is 4.99 Å². The van der Waals surface area contributed by atoms with Crippen LogP contribution < -0.4 is 14.9 Å². The van der Waals surface area contributed by atoms with Gasteiger partial charge in [-0.25, -0.2) is 19.8 Å². The van der Waals surface area contributed by atoms with E-state index in [1.165, 1.54) is 10.6 Å². The van der Waals surface area contributed by atoms with Crippen molar-refractivity contribution in [3.8, 4) is 11.3 Å². The molecule has 0 aliphatic carbocycles. The van der Waals surface area contributed by atoms with Gasteiger partial charge in [0.15, 0.2) is 15.1 Å². The first-order valence-electron chi connectivity index (χ1n) is 13.8. The highest BCUT2D eigenvalue weighted by Gasteiger charge is 2.35. The fourth-order valence-corrected chi connectivity index (χ4v) is 6.71. The lowest BCUT2D eigenvalue weighted by atomic mass is 9.96. The maximum Gasteiger partial charge on any atom is 0.433 e.